The summed E-state index contributed by atoms with van der Waals surface area (Å²) < 4.78 is 14.7. The van der Waals surface area contributed by atoms with Gasteiger partial charge in [0.15, 0.2) is 0 Å². The number of hydrogen-bond acceptors (Lipinski definition) is 2. The van der Waals surface area contributed by atoms with Crippen LogP contribution in [0.15, 0.2) is 48.5 Å². The average molecular weight is 395 g/mol. The average Bonchev–Trinajstić information content (AvgIpc) is 3.20. The van der Waals surface area contributed by atoms with Crippen molar-refractivity contribution in [2.75, 3.05) is 19.0 Å². The summed E-state index contributed by atoms with van der Waals surface area (Å²) in [6.45, 7) is 4.30. The Balaban J connectivity index is 1.67. The first-order chi connectivity index (χ1) is 13.9. The third-order valence-corrected chi connectivity index (χ3v) is 6.00. The van der Waals surface area contributed by atoms with Crippen molar-refractivity contribution in [3.05, 3.63) is 71.0 Å². The predicted octanol–water partition coefficient (Wildman–Crippen LogP) is 5.48. The van der Waals surface area contributed by atoms with Gasteiger partial charge in [0.25, 0.3) is 5.91 Å². The van der Waals surface area contributed by atoms with Gasteiger partial charge in [-0.15, -0.1) is 0 Å². The first-order valence-corrected chi connectivity index (χ1v) is 10.4. The third kappa shape index (κ3) is 5.13. The van der Waals surface area contributed by atoms with Crippen LogP contribution in [0.4, 0.5) is 10.1 Å². The number of benzene rings is 2. The molecule has 0 aliphatic heterocycles. The molecule has 4 heteroatoms. The molecule has 2 atom stereocenters. The number of carbonyl (C=O) groups excluding carboxylic acids is 1. The van der Waals surface area contributed by atoms with Crippen molar-refractivity contribution < 1.29 is 9.18 Å². The molecule has 0 radical (unpaired) electrons. The molecule has 1 saturated carbocycles. The lowest BCUT2D eigenvalue weighted by Gasteiger charge is -2.18. The molecule has 1 aliphatic rings. The minimum Gasteiger partial charge on any atom is -0.317 e. The fourth-order valence-electron chi connectivity index (χ4n) is 3.98. The highest BCUT2D eigenvalue weighted by Gasteiger charge is 2.27. The molecule has 3 nitrogen and oxygen atoms in total. The van der Waals surface area contributed by atoms with E-state index in [1.54, 1.807) is 13.1 Å². The number of nitrogens with one attached hydrogen (secondary N) is 1. The Labute approximate surface area is 173 Å². The van der Waals surface area contributed by atoms with Crippen LogP contribution >= 0.6 is 0 Å². The topological polar surface area (TPSA) is 32.3 Å². The van der Waals surface area contributed by atoms with E-state index >= 15 is 0 Å². The molecule has 2 aromatic carbocycles. The van der Waals surface area contributed by atoms with E-state index in [0.717, 1.165) is 30.4 Å². The van der Waals surface area contributed by atoms with Crippen LogP contribution in [0, 0.1) is 5.82 Å². The van der Waals surface area contributed by atoms with Crippen molar-refractivity contribution in [1.29, 1.82) is 0 Å². The second-order valence-electron chi connectivity index (χ2n) is 8.25. The summed E-state index contributed by atoms with van der Waals surface area (Å²) >= 11 is 0. The lowest BCUT2D eigenvalue weighted by molar-refractivity contribution is -0.113. The molecule has 1 amide bonds. The van der Waals surface area contributed by atoms with E-state index in [9.17, 15) is 9.18 Å². The standard InChI is InChI=1S/C25H31FN2O/c1-17(2)19-8-5-18(6-9-19)7-14-25(29)28(4)22-12-13-23(24(26)16-22)20-10-11-21(15-20)27-3/h5-9,12-14,16-17,20-21,27H,10-11,15H2,1-4H3/b14-7+. The minimum atomic E-state index is -0.225. The van der Waals surface area contributed by atoms with Crippen molar-refractivity contribution >= 4 is 17.7 Å². The van der Waals surface area contributed by atoms with Gasteiger partial charge in [-0.25, -0.2) is 4.39 Å². The van der Waals surface area contributed by atoms with Crippen molar-refractivity contribution in [2.24, 2.45) is 0 Å². The molecule has 2 unspecified atom stereocenters. The lowest BCUT2D eigenvalue weighted by Crippen LogP contribution is -2.24. The number of hydrogen-bond donors (Lipinski definition) is 1. The van der Waals surface area contributed by atoms with Gasteiger partial charge in [-0.3, -0.25) is 4.79 Å². The van der Waals surface area contributed by atoms with Gasteiger partial charge in [-0.1, -0.05) is 44.2 Å². The molecule has 0 aromatic heterocycles. The summed E-state index contributed by atoms with van der Waals surface area (Å²) in [7, 11) is 3.63. The van der Waals surface area contributed by atoms with Gasteiger partial charge in [-0.05, 0) is 73.0 Å². The zero-order chi connectivity index (χ0) is 21.0. The molecule has 0 saturated heterocycles. The Bertz CT molecular complexity index is 873. The summed E-state index contributed by atoms with van der Waals surface area (Å²) in [4.78, 5) is 14.0. The van der Waals surface area contributed by atoms with Crippen molar-refractivity contribution in [2.45, 2.75) is 51.0 Å². The number of anilines is 1. The van der Waals surface area contributed by atoms with E-state index < -0.39 is 0 Å². The zero-order valence-electron chi connectivity index (χ0n) is 17.8. The van der Waals surface area contributed by atoms with Crippen LogP contribution in [0.25, 0.3) is 6.08 Å². The van der Waals surface area contributed by atoms with Crippen LogP contribution in [0.2, 0.25) is 0 Å². The van der Waals surface area contributed by atoms with Crippen LogP contribution in [-0.2, 0) is 4.79 Å². The molecule has 29 heavy (non-hydrogen) atoms. The number of likely N-dealkylation sites (N-methyl/N-ethyl adjacent to an activating group) is 1. The van der Waals surface area contributed by atoms with E-state index in [-0.39, 0.29) is 17.6 Å². The zero-order valence-corrected chi connectivity index (χ0v) is 17.8. The van der Waals surface area contributed by atoms with Gasteiger partial charge in [0.1, 0.15) is 5.82 Å². The fraction of sp³-hybridized carbons (Fsp3) is 0.400. The maximum atomic E-state index is 14.7. The van der Waals surface area contributed by atoms with Crippen LogP contribution in [-0.4, -0.2) is 26.0 Å². The van der Waals surface area contributed by atoms with Gasteiger partial charge >= 0.3 is 0 Å². The molecule has 0 spiro atoms. The summed E-state index contributed by atoms with van der Waals surface area (Å²) in [5.41, 5.74) is 3.56. The number of nitrogens with zero attached hydrogens (tertiary/aromatic N) is 1. The number of carbonyl (C=O) groups is 1. The molecule has 3 rings (SSSR count). The third-order valence-electron chi connectivity index (χ3n) is 6.00. The maximum absolute atomic E-state index is 14.7. The first kappa shape index (κ1) is 21.3. The normalized spacial score (nSPS) is 19.2. The molecule has 2 aromatic rings. The SMILES string of the molecule is CNC1CCC(c2ccc(N(C)C(=O)/C=C/c3ccc(C(C)C)cc3)cc2F)C1. The highest BCUT2D eigenvalue weighted by atomic mass is 19.1. The summed E-state index contributed by atoms with van der Waals surface area (Å²) in [5, 5.41) is 3.28. The van der Waals surface area contributed by atoms with Gasteiger partial charge in [0, 0.05) is 24.9 Å². The monoisotopic (exact) mass is 394 g/mol. The quantitative estimate of drug-likeness (QED) is 0.658. The molecular formula is C25H31FN2O. The summed E-state index contributed by atoms with van der Waals surface area (Å²) in [5.74, 6) is 0.321. The van der Waals surface area contributed by atoms with Crippen molar-refractivity contribution in [3.63, 3.8) is 0 Å². The first-order valence-electron chi connectivity index (χ1n) is 10.4. The van der Waals surface area contributed by atoms with E-state index in [1.165, 1.54) is 22.6 Å². The van der Waals surface area contributed by atoms with Gasteiger partial charge < -0.3 is 10.2 Å². The predicted molar refractivity (Wildman–Crippen MR) is 119 cm³/mol. The number of amides is 1. The highest BCUT2D eigenvalue weighted by molar-refractivity contribution is 6.03. The van der Waals surface area contributed by atoms with E-state index in [4.69, 9.17) is 0 Å². The van der Waals surface area contributed by atoms with E-state index in [2.05, 4.69) is 31.3 Å². The lowest BCUT2D eigenvalue weighted by atomic mass is 9.96. The van der Waals surface area contributed by atoms with Crippen LogP contribution < -0.4 is 10.2 Å². The number of rotatable bonds is 6. The molecule has 0 heterocycles. The highest BCUT2D eigenvalue weighted by Crippen LogP contribution is 2.36. The molecule has 0 bridgehead atoms. The van der Waals surface area contributed by atoms with Crippen LogP contribution in [0.1, 0.15) is 61.6 Å². The summed E-state index contributed by atoms with van der Waals surface area (Å²) in [6, 6.07) is 13.8. The van der Waals surface area contributed by atoms with Crippen LogP contribution in [0.3, 0.4) is 0 Å². The smallest absolute Gasteiger partial charge is 0.250 e. The van der Waals surface area contributed by atoms with Crippen molar-refractivity contribution in [3.8, 4) is 0 Å². The largest absolute Gasteiger partial charge is 0.317 e. The van der Waals surface area contributed by atoms with E-state index in [0.29, 0.717) is 17.6 Å². The minimum absolute atomic E-state index is 0.179. The molecule has 1 fully saturated rings. The second kappa shape index (κ2) is 9.36. The van der Waals surface area contributed by atoms with E-state index in [1.807, 2.05) is 31.3 Å². The molecule has 154 valence electrons. The maximum Gasteiger partial charge on any atom is 0.250 e. The Hall–Kier alpha value is -2.46. The molecular weight excluding hydrogens is 363 g/mol. The van der Waals surface area contributed by atoms with Gasteiger partial charge in [0.05, 0.1) is 0 Å². The second-order valence-corrected chi connectivity index (χ2v) is 8.25. The Kier molecular flexibility index (Phi) is 6.86. The summed E-state index contributed by atoms with van der Waals surface area (Å²) in [6.07, 6.45) is 6.35. The van der Waals surface area contributed by atoms with Crippen molar-refractivity contribution in [1.82, 2.24) is 5.32 Å². The van der Waals surface area contributed by atoms with Gasteiger partial charge in [-0.2, -0.15) is 0 Å². The molecule has 1 N–H and O–H groups in total. The van der Waals surface area contributed by atoms with Crippen LogP contribution in [0.5, 0.6) is 0 Å². The fourth-order valence-corrected chi connectivity index (χ4v) is 3.98. The number of halogens is 1. The van der Waals surface area contributed by atoms with Gasteiger partial charge in [0.2, 0.25) is 0 Å². The Morgan fingerprint density at radius 3 is 2.48 bits per heavy atom. The molecule has 1 aliphatic carbocycles. The Morgan fingerprint density at radius 1 is 1.17 bits per heavy atom. The Morgan fingerprint density at radius 2 is 1.90 bits per heavy atom.